The van der Waals surface area contributed by atoms with Gasteiger partial charge in [0.1, 0.15) is 0 Å². The zero-order valence-electron chi connectivity index (χ0n) is 11.9. The van der Waals surface area contributed by atoms with Crippen LogP contribution < -0.4 is 16.4 Å². The van der Waals surface area contributed by atoms with Gasteiger partial charge in [0.15, 0.2) is 0 Å². The van der Waals surface area contributed by atoms with Gasteiger partial charge in [0.05, 0.1) is 10.6 Å². The molecule has 0 aromatic heterocycles. The smallest absolute Gasteiger partial charge is 0.366 e. The fourth-order valence-corrected chi connectivity index (χ4v) is 2.06. The van der Waals surface area contributed by atoms with E-state index >= 15 is 0 Å². The van der Waals surface area contributed by atoms with Crippen LogP contribution in [0.25, 0.3) is 0 Å². The van der Waals surface area contributed by atoms with Crippen LogP contribution in [0, 0.1) is 0 Å². The highest BCUT2D eigenvalue weighted by molar-refractivity contribution is 6.31. The van der Waals surface area contributed by atoms with Crippen molar-refractivity contribution >= 4 is 34.9 Å². The third-order valence-electron chi connectivity index (χ3n) is 2.96. The number of hydrogen-bond acceptors (Lipinski definition) is 2. The highest BCUT2D eigenvalue weighted by atomic mass is 35.5. The molecule has 0 saturated carbocycles. The number of nitrogens with one attached hydrogen (secondary N) is 2. The van der Waals surface area contributed by atoms with Gasteiger partial charge in [0.2, 0.25) is 5.91 Å². The molecule has 0 unspecified atom stereocenters. The predicted octanol–water partition coefficient (Wildman–Crippen LogP) is 4.10. The number of alkyl halides is 3. The highest BCUT2D eigenvalue weighted by Crippen LogP contribution is 2.36. The van der Waals surface area contributed by atoms with E-state index in [9.17, 15) is 22.8 Å². The number of hydrogen-bond donors (Lipinski definition) is 3. The first-order chi connectivity index (χ1) is 11.2. The molecule has 0 aliphatic heterocycles. The number of urea groups is 1. The predicted molar refractivity (Wildman–Crippen MR) is 84.1 cm³/mol. The summed E-state index contributed by atoms with van der Waals surface area (Å²) in [6.45, 7) is 0. The second-order valence-corrected chi connectivity index (χ2v) is 5.12. The highest BCUT2D eigenvalue weighted by Gasteiger charge is 2.33. The van der Waals surface area contributed by atoms with Crippen LogP contribution in [-0.2, 0) is 6.18 Å². The van der Waals surface area contributed by atoms with Crippen molar-refractivity contribution in [1.82, 2.24) is 0 Å². The number of nitrogens with two attached hydrogens (primary N) is 1. The Bertz CT molecular complexity index is 777. The van der Waals surface area contributed by atoms with Gasteiger partial charge in [0, 0.05) is 16.9 Å². The van der Waals surface area contributed by atoms with Crippen molar-refractivity contribution < 1.29 is 22.8 Å². The minimum atomic E-state index is -4.63. The number of rotatable bonds is 3. The van der Waals surface area contributed by atoms with Gasteiger partial charge in [-0.25, -0.2) is 4.79 Å². The Morgan fingerprint density at radius 2 is 1.50 bits per heavy atom. The summed E-state index contributed by atoms with van der Waals surface area (Å²) in [6, 6.07) is 7.94. The van der Waals surface area contributed by atoms with Crippen molar-refractivity contribution in [2.24, 2.45) is 5.73 Å². The Balaban J connectivity index is 2.08. The summed E-state index contributed by atoms with van der Waals surface area (Å²) in [5.41, 5.74) is 4.56. The summed E-state index contributed by atoms with van der Waals surface area (Å²) in [4.78, 5) is 22.8. The monoisotopic (exact) mass is 357 g/mol. The van der Waals surface area contributed by atoms with Crippen molar-refractivity contribution in [2.45, 2.75) is 6.18 Å². The molecular formula is C15H11ClF3N3O2. The van der Waals surface area contributed by atoms with Crippen LogP contribution in [0.3, 0.4) is 0 Å². The summed E-state index contributed by atoms with van der Waals surface area (Å²) in [5, 5.41) is 4.22. The quantitative estimate of drug-likeness (QED) is 0.772. The number of anilines is 2. The summed E-state index contributed by atoms with van der Waals surface area (Å²) in [7, 11) is 0. The maximum atomic E-state index is 12.8. The SMILES string of the molecule is NC(=O)c1ccc(NC(=O)Nc2ccc(Cl)c(C(F)(F)F)c2)cc1. The largest absolute Gasteiger partial charge is 0.417 e. The molecule has 4 N–H and O–H groups in total. The van der Waals surface area contributed by atoms with E-state index in [4.69, 9.17) is 17.3 Å². The summed E-state index contributed by atoms with van der Waals surface area (Å²) >= 11 is 5.50. The second kappa shape index (κ2) is 6.79. The van der Waals surface area contributed by atoms with Crippen molar-refractivity contribution in [2.75, 3.05) is 10.6 Å². The average molecular weight is 358 g/mol. The zero-order valence-corrected chi connectivity index (χ0v) is 12.7. The maximum absolute atomic E-state index is 12.8. The van der Waals surface area contributed by atoms with E-state index in [0.717, 1.165) is 12.1 Å². The molecule has 5 nitrogen and oxygen atoms in total. The van der Waals surface area contributed by atoms with Gasteiger partial charge < -0.3 is 16.4 Å². The number of halogens is 4. The fraction of sp³-hybridized carbons (Fsp3) is 0.0667. The van der Waals surface area contributed by atoms with Gasteiger partial charge in [-0.2, -0.15) is 13.2 Å². The minimum Gasteiger partial charge on any atom is -0.366 e. The van der Waals surface area contributed by atoms with Gasteiger partial charge in [-0.05, 0) is 42.5 Å². The molecule has 0 bridgehead atoms. The Morgan fingerprint density at radius 3 is 2.04 bits per heavy atom. The molecule has 126 valence electrons. The first-order valence-electron chi connectivity index (χ1n) is 6.51. The molecule has 0 fully saturated rings. The van der Waals surface area contributed by atoms with Crippen molar-refractivity contribution in [3.63, 3.8) is 0 Å². The Hall–Kier alpha value is -2.74. The molecular weight excluding hydrogens is 347 g/mol. The van der Waals surface area contributed by atoms with Crippen LogP contribution in [0.15, 0.2) is 42.5 Å². The van der Waals surface area contributed by atoms with Crippen molar-refractivity contribution in [3.8, 4) is 0 Å². The number of benzene rings is 2. The topological polar surface area (TPSA) is 84.2 Å². The van der Waals surface area contributed by atoms with Crippen LogP contribution in [0.2, 0.25) is 5.02 Å². The standard InChI is InChI=1S/C15H11ClF3N3O2/c16-12-6-5-10(7-11(12)15(17,18)19)22-14(24)21-9-3-1-8(2-4-9)13(20)23/h1-7H,(H2,20,23)(H2,21,22,24). The lowest BCUT2D eigenvalue weighted by atomic mass is 10.2. The third-order valence-corrected chi connectivity index (χ3v) is 3.29. The van der Waals surface area contributed by atoms with Crippen molar-refractivity contribution in [1.29, 1.82) is 0 Å². The fourth-order valence-electron chi connectivity index (χ4n) is 1.83. The van der Waals surface area contributed by atoms with E-state index in [1.54, 1.807) is 0 Å². The third kappa shape index (κ3) is 4.39. The summed E-state index contributed by atoms with van der Waals surface area (Å²) in [6.07, 6.45) is -4.63. The van der Waals surface area contributed by atoms with E-state index in [1.807, 2.05) is 0 Å². The molecule has 24 heavy (non-hydrogen) atoms. The van der Waals surface area contributed by atoms with Gasteiger partial charge in [-0.3, -0.25) is 4.79 Å². The van der Waals surface area contributed by atoms with E-state index in [-0.39, 0.29) is 11.3 Å². The molecule has 3 amide bonds. The molecule has 0 atom stereocenters. The average Bonchev–Trinajstić information content (AvgIpc) is 2.48. The maximum Gasteiger partial charge on any atom is 0.417 e. The molecule has 0 aliphatic rings. The lowest BCUT2D eigenvalue weighted by molar-refractivity contribution is -0.137. The molecule has 2 aromatic carbocycles. The van der Waals surface area contributed by atoms with Gasteiger partial charge in [-0.1, -0.05) is 11.6 Å². The molecule has 0 radical (unpaired) electrons. The molecule has 0 aliphatic carbocycles. The van der Waals surface area contributed by atoms with Gasteiger partial charge in [-0.15, -0.1) is 0 Å². The Labute approximate surface area is 139 Å². The molecule has 0 saturated heterocycles. The van der Waals surface area contributed by atoms with E-state index in [0.29, 0.717) is 5.69 Å². The Kier molecular flexibility index (Phi) is 4.99. The first-order valence-corrected chi connectivity index (χ1v) is 6.89. The molecule has 2 aromatic rings. The summed E-state index contributed by atoms with van der Waals surface area (Å²) in [5.74, 6) is -0.619. The van der Waals surface area contributed by atoms with Crippen molar-refractivity contribution in [3.05, 3.63) is 58.6 Å². The molecule has 0 spiro atoms. The Morgan fingerprint density at radius 1 is 0.958 bits per heavy atom. The van der Waals surface area contributed by atoms with Crippen LogP contribution >= 0.6 is 11.6 Å². The number of amides is 3. The van der Waals surface area contributed by atoms with Crippen LogP contribution in [0.5, 0.6) is 0 Å². The number of primary amides is 1. The second-order valence-electron chi connectivity index (χ2n) is 4.71. The summed E-state index contributed by atoms with van der Waals surface area (Å²) < 4.78 is 38.3. The van der Waals surface area contributed by atoms with E-state index < -0.39 is 28.7 Å². The van der Waals surface area contributed by atoms with Crippen LogP contribution in [-0.4, -0.2) is 11.9 Å². The number of carbonyl (C=O) groups excluding carboxylic acids is 2. The van der Waals surface area contributed by atoms with Gasteiger partial charge >= 0.3 is 12.2 Å². The molecule has 0 heterocycles. The number of carbonyl (C=O) groups is 2. The zero-order chi connectivity index (χ0) is 17.9. The minimum absolute atomic E-state index is 0.0713. The lowest BCUT2D eigenvalue weighted by Crippen LogP contribution is -2.20. The first kappa shape index (κ1) is 17.6. The molecule has 9 heteroatoms. The normalized spacial score (nSPS) is 11.0. The van der Waals surface area contributed by atoms with E-state index in [2.05, 4.69) is 10.6 Å². The molecule has 2 rings (SSSR count). The van der Waals surface area contributed by atoms with E-state index in [1.165, 1.54) is 30.3 Å². The van der Waals surface area contributed by atoms with Gasteiger partial charge in [0.25, 0.3) is 0 Å². The lowest BCUT2D eigenvalue weighted by Gasteiger charge is -2.12. The van der Waals surface area contributed by atoms with Crippen LogP contribution in [0.4, 0.5) is 29.3 Å². The van der Waals surface area contributed by atoms with Crippen LogP contribution in [0.1, 0.15) is 15.9 Å².